The maximum absolute atomic E-state index is 12.9. The van der Waals surface area contributed by atoms with Crippen LogP contribution in [0, 0.1) is 12.8 Å². The number of methoxy groups -OCH3 is 1. The molecule has 0 bridgehead atoms. The number of carbonyl (C=O) groups is 1. The van der Waals surface area contributed by atoms with Gasteiger partial charge in [-0.25, -0.2) is 0 Å². The quantitative estimate of drug-likeness (QED) is 0.272. The lowest BCUT2D eigenvalue weighted by atomic mass is 9.65. The van der Waals surface area contributed by atoms with Gasteiger partial charge in [-0.2, -0.15) is 0 Å². The second kappa shape index (κ2) is 17.5. The smallest absolute Gasteiger partial charge is 0.134 e. The zero-order valence-electron chi connectivity index (χ0n) is 23.7. The average Bonchev–Trinajstić information content (AvgIpc) is 3.44. The van der Waals surface area contributed by atoms with Gasteiger partial charge in [-0.3, -0.25) is 0 Å². The molecule has 2 aromatic carbocycles. The molecule has 0 spiro atoms. The van der Waals surface area contributed by atoms with Crippen LogP contribution in [0.15, 0.2) is 85.0 Å². The van der Waals surface area contributed by atoms with Gasteiger partial charge in [-0.15, -0.1) is 0 Å². The van der Waals surface area contributed by atoms with Crippen molar-refractivity contribution in [2.75, 3.05) is 33.9 Å². The van der Waals surface area contributed by atoms with Crippen LogP contribution in [-0.2, 0) is 16.6 Å². The highest BCUT2D eigenvalue weighted by atomic mass is 16.5. The average molecular weight is 506 g/mol. The van der Waals surface area contributed by atoms with Gasteiger partial charge in [-0.05, 0) is 61.4 Å². The highest BCUT2D eigenvalue weighted by Crippen LogP contribution is 2.43. The molecule has 0 aliphatic carbocycles. The fraction of sp³-hybridized carbons (Fsp3) is 0.424. The van der Waals surface area contributed by atoms with E-state index in [0.717, 1.165) is 57.3 Å². The maximum atomic E-state index is 12.9. The molecule has 0 amide bonds. The molecule has 4 nitrogen and oxygen atoms in total. The summed E-state index contributed by atoms with van der Waals surface area (Å²) in [5.74, 6) is 1.18. The summed E-state index contributed by atoms with van der Waals surface area (Å²) in [6, 6.07) is 16.7. The van der Waals surface area contributed by atoms with E-state index in [4.69, 9.17) is 9.84 Å². The molecule has 1 aliphatic rings. The normalized spacial score (nSPS) is 17.2. The predicted molar refractivity (Wildman–Crippen MR) is 157 cm³/mol. The summed E-state index contributed by atoms with van der Waals surface area (Å²) >= 11 is 0. The number of aldehydes is 1. The second-order valence-corrected chi connectivity index (χ2v) is 8.86. The molecular formula is C33H47NO3. The van der Waals surface area contributed by atoms with E-state index in [9.17, 15) is 4.79 Å². The van der Waals surface area contributed by atoms with E-state index < -0.39 is 5.41 Å². The molecule has 37 heavy (non-hydrogen) atoms. The minimum absolute atomic E-state index is 0.248. The van der Waals surface area contributed by atoms with Crippen LogP contribution in [-0.4, -0.2) is 50.1 Å². The Bertz CT molecular complexity index is 996. The van der Waals surface area contributed by atoms with Crippen molar-refractivity contribution in [1.29, 1.82) is 0 Å². The van der Waals surface area contributed by atoms with E-state index >= 15 is 0 Å². The van der Waals surface area contributed by atoms with E-state index in [1.165, 1.54) is 23.0 Å². The summed E-state index contributed by atoms with van der Waals surface area (Å²) < 4.78 is 5.39. The largest absolute Gasteiger partial charge is 0.496 e. The summed E-state index contributed by atoms with van der Waals surface area (Å²) in [6.07, 6.45) is 11.9. The molecule has 0 radical (unpaired) electrons. The van der Waals surface area contributed by atoms with Crippen molar-refractivity contribution in [3.8, 4) is 5.75 Å². The van der Waals surface area contributed by atoms with Crippen LogP contribution in [0.1, 0.15) is 50.3 Å². The van der Waals surface area contributed by atoms with Gasteiger partial charge in [0.1, 0.15) is 12.0 Å². The first kappa shape index (κ1) is 32.1. The van der Waals surface area contributed by atoms with E-state index in [0.29, 0.717) is 0 Å². The first-order valence-electron chi connectivity index (χ1n) is 13.4. The molecule has 1 N–H and O–H groups in total. The number of nitrogens with zero attached hydrogens (tertiary/aromatic N) is 1. The van der Waals surface area contributed by atoms with E-state index in [-0.39, 0.29) is 5.92 Å². The van der Waals surface area contributed by atoms with Crippen molar-refractivity contribution in [3.05, 3.63) is 102 Å². The van der Waals surface area contributed by atoms with E-state index in [1.807, 2.05) is 44.2 Å². The molecule has 1 aliphatic heterocycles. The van der Waals surface area contributed by atoms with Crippen LogP contribution in [0.25, 0.3) is 0 Å². The summed E-state index contributed by atoms with van der Waals surface area (Å²) in [5.41, 5.74) is 4.15. The summed E-state index contributed by atoms with van der Waals surface area (Å²) in [6.45, 7) is 14.9. The zero-order valence-corrected chi connectivity index (χ0v) is 23.7. The maximum Gasteiger partial charge on any atom is 0.134 e. The fourth-order valence-corrected chi connectivity index (χ4v) is 5.23. The SMILES string of the molecule is C=C/C=C\C=C(/CC)[C@](C=O)(c1ccccc1)C1CCN(CCc2ccc(OC)c(C)c2)C1.CC.CO. The van der Waals surface area contributed by atoms with Gasteiger partial charge in [0.15, 0.2) is 0 Å². The molecule has 1 saturated heterocycles. The van der Waals surface area contributed by atoms with Crippen LogP contribution in [0.3, 0.4) is 0 Å². The molecule has 1 unspecified atom stereocenters. The number of aliphatic hydroxyl groups excluding tert-OH is 1. The van der Waals surface area contributed by atoms with E-state index in [2.05, 4.69) is 61.7 Å². The monoisotopic (exact) mass is 505 g/mol. The molecule has 0 aromatic heterocycles. The number of aliphatic hydroxyl groups is 1. The van der Waals surface area contributed by atoms with E-state index in [1.54, 1.807) is 13.2 Å². The standard InChI is InChI=1S/C30H37NO2.C2H6.CH4O/c1-5-7-9-12-26(6-2)30(23-32,27-13-10-8-11-14-27)28-18-20-31(22-28)19-17-25-15-16-29(33-4)24(3)21-25;2*1-2/h5,7-16,21,23,28H,1,6,17-20,22H2,2-4H3;1-2H3;2H,1H3/b9-7-,26-12+;;/t28?,30-;;/m1../s1. The Balaban J connectivity index is 0.00000163. The third-order valence-electron chi connectivity index (χ3n) is 6.99. The van der Waals surface area contributed by atoms with Crippen molar-refractivity contribution in [2.45, 2.75) is 52.4 Å². The van der Waals surface area contributed by atoms with Crippen LogP contribution >= 0.6 is 0 Å². The van der Waals surface area contributed by atoms with Gasteiger partial charge in [0, 0.05) is 20.2 Å². The Labute approximate surface area is 225 Å². The third-order valence-corrected chi connectivity index (χ3v) is 6.99. The first-order valence-corrected chi connectivity index (χ1v) is 13.4. The van der Waals surface area contributed by atoms with Crippen molar-refractivity contribution < 1.29 is 14.6 Å². The third kappa shape index (κ3) is 8.28. The van der Waals surface area contributed by atoms with Crippen molar-refractivity contribution in [3.63, 3.8) is 0 Å². The molecule has 202 valence electrons. The Kier molecular flexibility index (Phi) is 15.2. The lowest BCUT2D eigenvalue weighted by Crippen LogP contribution is -2.41. The predicted octanol–water partition coefficient (Wildman–Crippen LogP) is 6.72. The van der Waals surface area contributed by atoms with Crippen molar-refractivity contribution in [2.24, 2.45) is 5.92 Å². The summed E-state index contributed by atoms with van der Waals surface area (Å²) in [4.78, 5) is 15.4. The second-order valence-electron chi connectivity index (χ2n) is 8.86. The highest BCUT2D eigenvalue weighted by Gasteiger charge is 2.45. The number of hydrogen-bond donors (Lipinski definition) is 1. The molecule has 2 aromatic rings. The van der Waals surface area contributed by atoms with Crippen LogP contribution in [0.2, 0.25) is 0 Å². The number of hydrogen-bond acceptors (Lipinski definition) is 4. The van der Waals surface area contributed by atoms with Gasteiger partial charge in [-0.1, -0.05) is 99.7 Å². The number of allylic oxidation sites excluding steroid dienone is 5. The number of carbonyl (C=O) groups excluding carboxylic acids is 1. The zero-order chi connectivity index (χ0) is 27.7. The fourth-order valence-electron chi connectivity index (χ4n) is 5.23. The van der Waals surface area contributed by atoms with Gasteiger partial charge >= 0.3 is 0 Å². The number of ether oxygens (including phenoxy) is 1. The Hall–Kier alpha value is -2.95. The lowest BCUT2D eigenvalue weighted by Gasteiger charge is -2.37. The van der Waals surface area contributed by atoms with Crippen molar-refractivity contribution in [1.82, 2.24) is 4.90 Å². The van der Waals surface area contributed by atoms with Crippen LogP contribution in [0.4, 0.5) is 0 Å². The van der Waals surface area contributed by atoms with Gasteiger partial charge < -0.3 is 19.5 Å². The molecule has 1 heterocycles. The summed E-state index contributed by atoms with van der Waals surface area (Å²) in [7, 11) is 2.71. The van der Waals surface area contributed by atoms with Crippen LogP contribution in [0.5, 0.6) is 5.75 Å². The molecule has 0 saturated carbocycles. The Morgan fingerprint density at radius 1 is 1.16 bits per heavy atom. The van der Waals surface area contributed by atoms with Gasteiger partial charge in [0.05, 0.1) is 12.5 Å². The summed E-state index contributed by atoms with van der Waals surface area (Å²) in [5, 5.41) is 7.00. The molecule has 1 fully saturated rings. The minimum Gasteiger partial charge on any atom is -0.496 e. The lowest BCUT2D eigenvalue weighted by molar-refractivity contribution is -0.113. The molecule has 3 rings (SSSR count). The number of rotatable bonds is 11. The minimum atomic E-state index is -0.604. The number of likely N-dealkylation sites (tertiary alicyclic amines) is 1. The van der Waals surface area contributed by atoms with Crippen molar-refractivity contribution >= 4 is 6.29 Å². The Morgan fingerprint density at radius 2 is 1.86 bits per heavy atom. The topological polar surface area (TPSA) is 49.8 Å². The van der Waals surface area contributed by atoms with Crippen LogP contribution < -0.4 is 4.74 Å². The van der Waals surface area contributed by atoms with Gasteiger partial charge in [0.25, 0.3) is 0 Å². The first-order chi connectivity index (χ1) is 18.1. The number of benzene rings is 2. The molecule has 4 heteroatoms. The molecule has 2 atom stereocenters. The number of aryl methyl sites for hydroxylation is 1. The highest BCUT2D eigenvalue weighted by molar-refractivity contribution is 5.75. The Morgan fingerprint density at radius 3 is 2.43 bits per heavy atom. The molecular weight excluding hydrogens is 458 g/mol. The van der Waals surface area contributed by atoms with Gasteiger partial charge in [0.2, 0.25) is 0 Å².